The van der Waals surface area contributed by atoms with Crippen LogP contribution >= 0.6 is 0 Å². The van der Waals surface area contributed by atoms with E-state index < -0.39 is 0 Å². The van der Waals surface area contributed by atoms with E-state index in [2.05, 4.69) is 27.7 Å². The molecule has 2 aliphatic heterocycles. The van der Waals surface area contributed by atoms with Crippen LogP contribution in [0.3, 0.4) is 0 Å². The van der Waals surface area contributed by atoms with Crippen molar-refractivity contribution in [1.29, 1.82) is 0 Å². The largest absolute Gasteiger partial charge is 0.393 e. The van der Waals surface area contributed by atoms with Crippen molar-refractivity contribution in [1.82, 2.24) is 0 Å². The Balaban J connectivity index is 1.28. The van der Waals surface area contributed by atoms with E-state index in [1.165, 1.54) is 19.3 Å². The highest BCUT2D eigenvalue weighted by Crippen LogP contribution is 2.71. The Morgan fingerprint density at radius 2 is 1.74 bits per heavy atom. The SMILES string of the molecule is C[C@@H]1CC[C@@]2(OC1)O[C@H]1C[C@@H]3[C@@H]4CC(=O)[C@H]5C[C@@H](O)CC[C@]5(C)[C@H]4CC[C@]3(C)[C@H]1[C@@H]2C. The predicted molar refractivity (Wildman–Crippen MR) is 118 cm³/mol. The third kappa shape index (κ3) is 2.74. The van der Waals surface area contributed by atoms with Crippen molar-refractivity contribution in [2.45, 2.75) is 103 Å². The molecule has 0 aromatic rings. The highest BCUT2D eigenvalue weighted by molar-refractivity contribution is 5.83. The molecule has 6 rings (SSSR count). The number of ether oxygens (including phenoxy) is 2. The minimum atomic E-state index is -0.356. The number of ketones is 1. The molecule has 174 valence electrons. The molecule has 6 fully saturated rings. The van der Waals surface area contributed by atoms with Crippen molar-refractivity contribution < 1.29 is 19.4 Å². The summed E-state index contributed by atoms with van der Waals surface area (Å²) < 4.78 is 13.3. The van der Waals surface area contributed by atoms with Gasteiger partial charge in [-0.25, -0.2) is 0 Å². The van der Waals surface area contributed by atoms with Gasteiger partial charge in [-0.3, -0.25) is 4.79 Å². The Bertz CT molecular complexity index is 756. The van der Waals surface area contributed by atoms with E-state index in [1.54, 1.807) is 0 Å². The van der Waals surface area contributed by atoms with Gasteiger partial charge in [0.1, 0.15) is 5.78 Å². The third-order valence-corrected chi connectivity index (χ3v) is 11.7. The summed E-state index contributed by atoms with van der Waals surface area (Å²) in [5.74, 6) is 3.53. The quantitative estimate of drug-likeness (QED) is 0.589. The lowest BCUT2D eigenvalue weighted by atomic mass is 9.44. The second-order valence-electron chi connectivity index (χ2n) is 13.1. The summed E-state index contributed by atoms with van der Waals surface area (Å²) in [7, 11) is 0. The summed E-state index contributed by atoms with van der Waals surface area (Å²) in [6.45, 7) is 10.4. The van der Waals surface area contributed by atoms with Crippen molar-refractivity contribution in [2.75, 3.05) is 6.61 Å². The first kappa shape index (κ1) is 21.1. The third-order valence-electron chi connectivity index (χ3n) is 11.7. The van der Waals surface area contributed by atoms with Crippen LogP contribution in [-0.4, -0.2) is 35.5 Å². The Kier molecular flexibility index (Phi) is 4.62. The number of rotatable bonds is 0. The fourth-order valence-corrected chi connectivity index (χ4v) is 10.0. The summed E-state index contributed by atoms with van der Waals surface area (Å²) in [6, 6.07) is 0. The highest BCUT2D eigenvalue weighted by atomic mass is 16.7. The molecule has 0 unspecified atom stereocenters. The number of carbonyl (C=O) groups excluding carboxylic acids is 1. The minimum absolute atomic E-state index is 0.0823. The van der Waals surface area contributed by atoms with Crippen LogP contribution in [0.15, 0.2) is 0 Å². The van der Waals surface area contributed by atoms with Crippen LogP contribution in [0.5, 0.6) is 0 Å². The smallest absolute Gasteiger partial charge is 0.171 e. The first-order valence-electron chi connectivity index (χ1n) is 13.2. The Labute approximate surface area is 187 Å². The van der Waals surface area contributed by atoms with E-state index in [0.29, 0.717) is 53.8 Å². The van der Waals surface area contributed by atoms with Gasteiger partial charge in [0.05, 0.1) is 18.8 Å². The lowest BCUT2D eigenvalue weighted by Crippen LogP contribution is -2.57. The summed E-state index contributed by atoms with van der Waals surface area (Å²) in [5, 5.41) is 10.3. The van der Waals surface area contributed by atoms with Crippen molar-refractivity contribution in [3.63, 3.8) is 0 Å². The number of aliphatic hydroxyl groups is 1. The molecular weight excluding hydrogens is 388 g/mol. The topological polar surface area (TPSA) is 55.8 Å². The van der Waals surface area contributed by atoms with Crippen LogP contribution < -0.4 is 0 Å². The average Bonchev–Trinajstić information content (AvgIpc) is 3.17. The lowest BCUT2D eigenvalue weighted by molar-refractivity contribution is -0.273. The molecule has 6 aliphatic rings. The lowest BCUT2D eigenvalue weighted by Gasteiger charge is -2.60. The maximum Gasteiger partial charge on any atom is 0.171 e. The molecule has 0 aromatic carbocycles. The average molecular weight is 431 g/mol. The molecule has 2 saturated heterocycles. The van der Waals surface area contributed by atoms with Crippen molar-refractivity contribution in [3.8, 4) is 0 Å². The summed E-state index contributed by atoms with van der Waals surface area (Å²) in [4.78, 5) is 13.3. The van der Waals surface area contributed by atoms with Gasteiger partial charge in [0, 0.05) is 24.7 Å². The van der Waals surface area contributed by atoms with Gasteiger partial charge >= 0.3 is 0 Å². The number of carbonyl (C=O) groups is 1. The zero-order valence-corrected chi connectivity index (χ0v) is 19.9. The molecule has 0 bridgehead atoms. The van der Waals surface area contributed by atoms with Gasteiger partial charge in [-0.1, -0.05) is 27.7 Å². The predicted octanol–water partition coefficient (Wildman–Crippen LogP) is 4.97. The maximum absolute atomic E-state index is 13.3. The van der Waals surface area contributed by atoms with Crippen molar-refractivity contribution >= 4 is 5.78 Å². The summed E-state index contributed by atoms with van der Waals surface area (Å²) in [6.07, 6.45) is 9.21. The van der Waals surface area contributed by atoms with Crippen molar-refractivity contribution in [3.05, 3.63) is 0 Å². The van der Waals surface area contributed by atoms with Gasteiger partial charge in [0.15, 0.2) is 5.79 Å². The van der Waals surface area contributed by atoms with Gasteiger partial charge < -0.3 is 14.6 Å². The van der Waals surface area contributed by atoms with E-state index in [-0.39, 0.29) is 28.6 Å². The van der Waals surface area contributed by atoms with E-state index >= 15 is 0 Å². The van der Waals surface area contributed by atoms with E-state index in [0.717, 1.165) is 38.7 Å². The second kappa shape index (κ2) is 6.79. The standard InChI is InChI=1S/C27H42O4/c1-15-5-10-27(30-14-15)16(2)24-23(31-27)13-20-18-12-22(29)21-11-17(28)6-8-25(21,3)19(18)7-9-26(20,24)4/h15-21,23-24,28H,5-14H2,1-4H3/t15-,16+,17+,18-,19+,20-,21-,23+,24+,25-,26+,27-/m1/s1. The Morgan fingerprint density at radius 1 is 0.968 bits per heavy atom. The van der Waals surface area contributed by atoms with Gasteiger partial charge in [-0.15, -0.1) is 0 Å². The zero-order valence-electron chi connectivity index (χ0n) is 19.9. The molecule has 4 heteroatoms. The molecule has 0 aromatic heterocycles. The molecule has 4 aliphatic carbocycles. The molecule has 4 nitrogen and oxygen atoms in total. The monoisotopic (exact) mass is 430 g/mol. The van der Waals surface area contributed by atoms with Gasteiger partial charge in [0.2, 0.25) is 0 Å². The molecule has 31 heavy (non-hydrogen) atoms. The maximum atomic E-state index is 13.3. The van der Waals surface area contributed by atoms with Crippen molar-refractivity contribution in [2.24, 2.45) is 52.3 Å². The normalized spacial score (nSPS) is 60.9. The van der Waals surface area contributed by atoms with Gasteiger partial charge in [-0.05, 0) is 85.4 Å². The van der Waals surface area contributed by atoms with Crippen LogP contribution in [0.1, 0.15) is 85.5 Å². The molecule has 4 saturated carbocycles. The fourth-order valence-electron chi connectivity index (χ4n) is 10.0. The van der Waals surface area contributed by atoms with Crippen LogP contribution in [0.2, 0.25) is 0 Å². The van der Waals surface area contributed by atoms with Gasteiger partial charge in [0.25, 0.3) is 0 Å². The Hall–Kier alpha value is -0.450. The zero-order chi connectivity index (χ0) is 21.8. The number of hydrogen-bond donors (Lipinski definition) is 1. The van der Waals surface area contributed by atoms with Crippen LogP contribution in [0, 0.1) is 52.3 Å². The number of hydrogen-bond acceptors (Lipinski definition) is 4. The van der Waals surface area contributed by atoms with E-state index in [1.807, 2.05) is 0 Å². The molecule has 1 spiro atoms. The molecule has 0 amide bonds. The number of fused-ring (bicyclic) bond motifs is 7. The van der Waals surface area contributed by atoms with E-state index in [9.17, 15) is 9.90 Å². The van der Waals surface area contributed by atoms with Crippen LogP contribution in [0.25, 0.3) is 0 Å². The molecule has 12 atom stereocenters. The fraction of sp³-hybridized carbons (Fsp3) is 0.963. The summed E-state index contributed by atoms with van der Waals surface area (Å²) >= 11 is 0. The van der Waals surface area contributed by atoms with Crippen LogP contribution in [0.4, 0.5) is 0 Å². The highest BCUT2D eigenvalue weighted by Gasteiger charge is 2.69. The molecule has 0 radical (unpaired) electrons. The first-order valence-corrected chi connectivity index (χ1v) is 13.2. The Morgan fingerprint density at radius 3 is 2.48 bits per heavy atom. The summed E-state index contributed by atoms with van der Waals surface area (Å²) in [5.41, 5.74) is 0.355. The second-order valence-corrected chi connectivity index (χ2v) is 13.1. The first-order chi connectivity index (χ1) is 14.7. The number of aliphatic hydroxyl groups excluding tert-OH is 1. The molecular formula is C27H42O4. The molecule has 1 N–H and O–H groups in total. The number of Topliss-reactive ketones (excluding diaryl/α,β-unsaturated/α-hetero) is 1. The van der Waals surface area contributed by atoms with E-state index in [4.69, 9.17) is 9.47 Å². The van der Waals surface area contributed by atoms with Gasteiger partial charge in [-0.2, -0.15) is 0 Å². The van der Waals surface area contributed by atoms with Crippen LogP contribution in [-0.2, 0) is 14.3 Å². The molecule has 2 heterocycles. The minimum Gasteiger partial charge on any atom is -0.393 e.